The van der Waals surface area contributed by atoms with Crippen LogP contribution in [0.2, 0.25) is 10.0 Å². The number of nitrogens with zero attached hydrogens (tertiary/aromatic N) is 2. The van der Waals surface area contributed by atoms with Crippen molar-refractivity contribution in [3.05, 3.63) is 70.5 Å². The summed E-state index contributed by atoms with van der Waals surface area (Å²) in [6, 6.07) is 2.82. The van der Waals surface area contributed by atoms with E-state index in [2.05, 4.69) is 9.97 Å². The molecule has 3 rings (SSSR count). The van der Waals surface area contributed by atoms with Crippen molar-refractivity contribution in [3.63, 3.8) is 0 Å². The van der Waals surface area contributed by atoms with Crippen LogP contribution in [0, 0.1) is 10.1 Å². The second kappa shape index (κ2) is 6.62. The lowest BCUT2D eigenvalue weighted by atomic mass is 10.1. The predicted octanol–water partition coefficient (Wildman–Crippen LogP) is 2.97. The summed E-state index contributed by atoms with van der Waals surface area (Å²) in [6.45, 7) is 0. The van der Waals surface area contributed by atoms with Gasteiger partial charge in [0.2, 0.25) is 0 Å². The van der Waals surface area contributed by atoms with Crippen LogP contribution in [0.1, 0.15) is 11.4 Å². The van der Waals surface area contributed by atoms with E-state index in [-0.39, 0.29) is 32.4 Å². The summed E-state index contributed by atoms with van der Waals surface area (Å²) >= 11 is 11.8. The number of aromatic amines is 1. The maximum Gasteiger partial charge on any atom is 0.395 e. The van der Waals surface area contributed by atoms with Gasteiger partial charge in [-0.2, -0.15) is 4.98 Å². The fourth-order valence-electron chi connectivity index (χ4n) is 2.18. The molecule has 26 heavy (non-hydrogen) atoms. The average Bonchev–Trinajstić information content (AvgIpc) is 2.53. The van der Waals surface area contributed by atoms with Crippen LogP contribution in [-0.4, -0.2) is 20.0 Å². The van der Waals surface area contributed by atoms with Crippen LogP contribution in [0.4, 0.5) is 5.69 Å². The molecule has 1 aromatic carbocycles. The number of hydrogen-bond acceptors (Lipinski definition) is 7. The van der Waals surface area contributed by atoms with Gasteiger partial charge in [0.15, 0.2) is 11.0 Å². The smallest absolute Gasteiger partial charge is 0.395 e. The molecule has 0 unspecified atom stereocenters. The zero-order valence-corrected chi connectivity index (χ0v) is 14.0. The van der Waals surface area contributed by atoms with Crippen molar-refractivity contribution >= 4 is 52.0 Å². The Labute approximate surface area is 153 Å². The Morgan fingerprint density at radius 2 is 2.00 bits per heavy atom. The molecule has 2 heterocycles. The van der Waals surface area contributed by atoms with Gasteiger partial charge in [-0.25, -0.2) is 0 Å². The second-order valence-corrected chi connectivity index (χ2v) is 5.84. The monoisotopic (exact) mass is 395 g/mol. The van der Waals surface area contributed by atoms with E-state index in [1.807, 2.05) is 0 Å². The van der Waals surface area contributed by atoms with E-state index in [9.17, 15) is 24.8 Å². The molecule has 0 amide bonds. The molecular formula is C15H7Cl2N3O6. The highest BCUT2D eigenvalue weighted by Gasteiger charge is 2.21. The van der Waals surface area contributed by atoms with E-state index in [0.717, 1.165) is 6.26 Å². The van der Waals surface area contributed by atoms with Gasteiger partial charge in [0.25, 0.3) is 5.88 Å². The molecule has 11 heteroatoms. The molecule has 0 saturated carbocycles. The van der Waals surface area contributed by atoms with Gasteiger partial charge in [0, 0.05) is 5.02 Å². The van der Waals surface area contributed by atoms with Gasteiger partial charge in [0.1, 0.15) is 12.1 Å². The molecule has 0 atom stereocenters. The highest BCUT2D eigenvalue weighted by molar-refractivity contribution is 6.38. The van der Waals surface area contributed by atoms with Crippen molar-refractivity contribution in [1.29, 1.82) is 0 Å². The molecule has 3 aromatic rings. The standard InChI is InChI=1S/C15H7Cl2N3O6/c16-7-3-8-12(21)6(5-26-13(8)9(17)4-7)1-2-10-18-14(22)11(20(24)25)15(23)19-10/h1-5H,(H2,18,19,22,23)/b2-1+. The third kappa shape index (κ3) is 3.17. The lowest BCUT2D eigenvalue weighted by molar-refractivity contribution is -0.387. The van der Waals surface area contributed by atoms with Crippen molar-refractivity contribution in [1.82, 2.24) is 9.97 Å². The maximum atomic E-state index is 12.5. The van der Waals surface area contributed by atoms with Gasteiger partial charge in [-0.3, -0.25) is 19.7 Å². The molecule has 0 aliphatic heterocycles. The normalized spacial score (nSPS) is 11.3. The van der Waals surface area contributed by atoms with E-state index in [1.54, 1.807) is 0 Å². The predicted molar refractivity (Wildman–Crippen MR) is 94.6 cm³/mol. The van der Waals surface area contributed by atoms with E-state index >= 15 is 0 Å². The molecule has 2 N–H and O–H groups in total. The molecule has 0 fully saturated rings. The third-order valence-electron chi connectivity index (χ3n) is 3.32. The van der Waals surface area contributed by atoms with Crippen molar-refractivity contribution in [2.45, 2.75) is 0 Å². The summed E-state index contributed by atoms with van der Waals surface area (Å²) < 4.78 is 5.32. The van der Waals surface area contributed by atoms with Crippen molar-refractivity contribution in [2.75, 3.05) is 0 Å². The first-order valence-corrected chi connectivity index (χ1v) is 7.60. The Balaban J connectivity index is 2.07. The molecule has 9 nitrogen and oxygen atoms in total. The van der Waals surface area contributed by atoms with E-state index in [1.165, 1.54) is 24.3 Å². The van der Waals surface area contributed by atoms with Gasteiger partial charge < -0.3 is 14.5 Å². The number of fused-ring (bicyclic) bond motifs is 1. The number of rotatable bonds is 3. The van der Waals surface area contributed by atoms with Gasteiger partial charge >= 0.3 is 11.2 Å². The third-order valence-corrected chi connectivity index (χ3v) is 3.82. The number of hydrogen-bond donors (Lipinski definition) is 2. The molecule has 132 valence electrons. The largest absolute Gasteiger partial charge is 0.488 e. The van der Waals surface area contributed by atoms with Crippen LogP contribution in [0.5, 0.6) is 5.88 Å². The molecular weight excluding hydrogens is 389 g/mol. The number of halogens is 2. The van der Waals surface area contributed by atoms with Gasteiger partial charge in [-0.1, -0.05) is 23.2 Å². The van der Waals surface area contributed by atoms with Gasteiger partial charge in [0.05, 0.1) is 20.9 Å². The van der Waals surface area contributed by atoms with Crippen LogP contribution in [-0.2, 0) is 0 Å². The Morgan fingerprint density at radius 1 is 1.27 bits per heavy atom. The summed E-state index contributed by atoms with van der Waals surface area (Å²) in [5.74, 6) is -1.23. The highest BCUT2D eigenvalue weighted by Crippen LogP contribution is 2.26. The Bertz CT molecular complexity index is 1200. The molecule has 0 radical (unpaired) electrons. The average molecular weight is 396 g/mol. The fourth-order valence-corrected chi connectivity index (χ4v) is 2.72. The lowest BCUT2D eigenvalue weighted by Gasteiger charge is -2.01. The Morgan fingerprint density at radius 3 is 2.65 bits per heavy atom. The summed E-state index contributed by atoms with van der Waals surface area (Å²) in [7, 11) is 0. The van der Waals surface area contributed by atoms with Gasteiger partial charge in [-0.15, -0.1) is 0 Å². The summed E-state index contributed by atoms with van der Waals surface area (Å²) in [5.41, 5.74) is -2.41. The number of nitrogens with one attached hydrogen (secondary N) is 1. The van der Waals surface area contributed by atoms with Crippen LogP contribution in [0.25, 0.3) is 23.1 Å². The fraction of sp³-hybridized carbons (Fsp3) is 0. The first-order chi connectivity index (χ1) is 12.3. The quantitative estimate of drug-likeness (QED) is 0.512. The Kier molecular flexibility index (Phi) is 4.49. The minimum Gasteiger partial charge on any atom is -0.488 e. The molecule has 0 spiro atoms. The molecule has 0 aliphatic carbocycles. The molecule has 0 bridgehead atoms. The number of benzene rings is 1. The summed E-state index contributed by atoms with van der Waals surface area (Å²) in [4.78, 5) is 39.3. The minimum atomic E-state index is -1.13. The van der Waals surface area contributed by atoms with Crippen molar-refractivity contribution in [3.8, 4) is 5.88 Å². The van der Waals surface area contributed by atoms with E-state index < -0.39 is 27.5 Å². The molecule has 2 aromatic heterocycles. The zero-order chi connectivity index (χ0) is 19.0. The van der Waals surface area contributed by atoms with Crippen LogP contribution in [0.15, 0.2) is 32.4 Å². The first kappa shape index (κ1) is 17.6. The number of aromatic nitrogens is 2. The van der Waals surface area contributed by atoms with Crippen LogP contribution in [0.3, 0.4) is 0 Å². The highest BCUT2D eigenvalue weighted by atomic mass is 35.5. The van der Waals surface area contributed by atoms with Crippen LogP contribution < -0.4 is 11.0 Å². The van der Waals surface area contributed by atoms with Gasteiger partial charge in [-0.05, 0) is 24.3 Å². The second-order valence-electron chi connectivity index (χ2n) is 5.00. The minimum absolute atomic E-state index is 0.0799. The maximum absolute atomic E-state index is 12.5. The van der Waals surface area contributed by atoms with E-state index in [4.69, 9.17) is 27.6 Å². The zero-order valence-electron chi connectivity index (χ0n) is 12.5. The van der Waals surface area contributed by atoms with E-state index in [0.29, 0.717) is 0 Å². The Hall–Kier alpha value is -3.17. The number of aromatic hydroxyl groups is 1. The van der Waals surface area contributed by atoms with Crippen LogP contribution >= 0.6 is 23.2 Å². The number of nitro groups is 1. The topological polar surface area (TPSA) is 139 Å². The summed E-state index contributed by atoms with van der Waals surface area (Å²) in [5, 5.41) is 20.7. The molecule has 0 aliphatic rings. The van der Waals surface area contributed by atoms with Crippen molar-refractivity contribution in [2.24, 2.45) is 0 Å². The number of H-pyrrole nitrogens is 1. The lowest BCUT2D eigenvalue weighted by Crippen LogP contribution is -2.14. The van der Waals surface area contributed by atoms with Crippen molar-refractivity contribution < 1.29 is 14.4 Å². The SMILES string of the molecule is O=c1[nH]c(/C=C/c2coc3c(Cl)cc(Cl)cc3c2=O)nc(O)c1[N+](=O)[O-]. The molecule has 0 saturated heterocycles. The summed E-state index contributed by atoms with van der Waals surface area (Å²) in [6.07, 6.45) is 3.57. The first-order valence-electron chi connectivity index (χ1n) is 6.84.